The third-order valence-electron chi connectivity index (χ3n) is 6.39. The standard InChI is InChI=1S/C27H21ClF5N5O4/c28-18-2-1-16(29)12-21(18)42-24-19(35-26(40)14-9-15(27(31,32)33)11-17(30)10-14)3-4-20-23(24)25(34)36-38(20)13-22(39)37-5-7-41-8-6-37/h1-4,9-12H,5-8,13H2,(H2,34,36)(H,35,40). The van der Waals surface area contributed by atoms with E-state index in [4.69, 9.17) is 26.8 Å². The normalized spacial score (nSPS) is 13.8. The van der Waals surface area contributed by atoms with Crippen LogP contribution in [0.1, 0.15) is 15.9 Å². The number of fused-ring (bicyclic) bond motifs is 1. The molecule has 1 aliphatic rings. The first-order valence-electron chi connectivity index (χ1n) is 12.4. The maximum Gasteiger partial charge on any atom is 0.416 e. The molecule has 2 heterocycles. The van der Waals surface area contributed by atoms with Crippen LogP contribution in [0, 0.1) is 11.6 Å². The van der Waals surface area contributed by atoms with Crippen molar-refractivity contribution in [2.75, 3.05) is 37.4 Å². The van der Waals surface area contributed by atoms with Gasteiger partial charge in [-0.1, -0.05) is 11.6 Å². The van der Waals surface area contributed by atoms with E-state index in [0.717, 1.165) is 12.1 Å². The fourth-order valence-corrected chi connectivity index (χ4v) is 4.54. The number of rotatable bonds is 6. The molecule has 220 valence electrons. The molecule has 0 spiro atoms. The van der Waals surface area contributed by atoms with Gasteiger partial charge >= 0.3 is 6.18 Å². The number of hydrogen-bond acceptors (Lipinski definition) is 6. The topological polar surface area (TPSA) is 112 Å². The molecule has 0 aliphatic carbocycles. The summed E-state index contributed by atoms with van der Waals surface area (Å²) in [5.74, 6) is -3.85. The number of morpholine rings is 1. The van der Waals surface area contributed by atoms with Gasteiger partial charge < -0.3 is 25.4 Å². The summed E-state index contributed by atoms with van der Waals surface area (Å²) in [5.41, 5.74) is 4.38. The number of benzene rings is 3. The molecule has 2 amide bonds. The lowest BCUT2D eigenvalue weighted by atomic mass is 10.1. The quantitative estimate of drug-likeness (QED) is 0.280. The van der Waals surface area contributed by atoms with Gasteiger partial charge in [-0.2, -0.15) is 18.3 Å². The van der Waals surface area contributed by atoms with E-state index in [2.05, 4.69) is 10.4 Å². The Kier molecular flexibility index (Phi) is 7.93. The minimum Gasteiger partial charge on any atom is -0.453 e. The van der Waals surface area contributed by atoms with Crippen LogP contribution in [-0.4, -0.2) is 52.8 Å². The van der Waals surface area contributed by atoms with Gasteiger partial charge in [-0.05, 0) is 42.5 Å². The van der Waals surface area contributed by atoms with E-state index in [1.165, 1.54) is 22.9 Å². The third-order valence-corrected chi connectivity index (χ3v) is 6.70. The van der Waals surface area contributed by atoms with Gasteiger partial charge in [0.2, 0.25) is 5.91 Å². The highest BCUT2D eigenvalue weighted by molar-refractivity contribution is 6.32. The second-order valence-corrected chi connectivity index (χ2v) is 9.64. The second-order valence-electron chi connectivity index (χ2n) is 9.23. The number of hydrogen-bond donors (Lipinski definition) is 2. The number of nitrogens with two attached hydrogens (primary N) is 1. The van der Waals surface area contributed by atoms with Crippen LogP contribution in [0.4, 0.5) is 33.5 Å². The fourth-order valence-electron chi connectivity index (χ4n) is 4.38. The van der Waals surface area contributed by atoms with Gasteiger partial charge in [-0.3, -0.25) is 14.3 Å². The van der Waals surface area contributed by atoms with Crippen LogP contribution in [0.15, 0.2) is 48.5 Å². The molecule has 0 bridgehead atoms. The number of carbonyl (C=O) groups excluding carboxylic acids is 2. The third kappa shape index (κ3) is 6.09. The smallest absolute Gasteiger partial charge is 0.416 e. The lowest BCUT2D eigenvalue weighted by Gasteiger charge is -2.26. The van der Waals surface area contributed by atoms with Crippen LogP contribution in [0.2, 0.25) is 5.02 Å². The number of nitrogen functional groups attached to an aromatic ring is 1. The molecular weight excluding hydrogens is 589 g/mol. The minimum absolute atomic E-state index is 0.0147. The number of anilines is 2. The largest absolute Gasteiger partial charge is 0.453 e. The maximum atomic E-state index is 14.0. The average molecular weight is 610 g/mol. The highest BCUT2D eigenvalue weighted by Gasteiger charge is 2.32. The summed E-state index contributed by atoms with van der Waals surface area (Å²) in [7, 11) is 0. The Bertz CT molecular complexity index is 1690. The molecule has 1 fully saturated rings. The van der Waals surface area contributed by atoms with E-state index >= 15 is 0 Å². The molecule has 0 radical (unpaired) electrons. The van der Waals surface area contributed by atoms with E-state index in [1.54, 1.807) is 4.90 Å². The predicted octanol–water partition coefficient (Wildman–Crippen LogP) is 5.47. The number of alkyl halides is 3. The molecule has 4 aromatic rings. The number of nitrogens with one attached hydrogen (secondary N) is 1. The van der Waals surface area contributed by atoms with Gasteiger partial charge in [0.15, 0.2) is 11.6 Å². The summed E-state index contributed by atoms with van der Waals surface area (Å²) < 4.78 is 80.2. The zero-order valence-electron chi connectivity index (χ0n) is 21.5. The number of amides is 2. The fraction of sp³-hybridized carbons (Fsp3) is 0.222. The molecular formula is C27H21ClF5N5O4. The van der Waals surface area contributed by atoms with E-state index in [1.807, 2.05) is 0 Å². The van der Waals surface area contributed by atoms with Crippen molar-refractivity contribution in [2.45, 2.75) is 12.7 Å². The second kappa shape index (κ2) is 11.4. The Balaban J connectivity index is 1.57. The minimum atomic E-state index is -4.90. The lowest BCUT2D eigenvalue weighted by Crippen LogP contribution is -2.42. The number of nitrogens with zero attached hydrogens (tertiary/aromatic N) is 3. The first-order chi connectivity index (χ1) is 19.9. The van der Waals surface area contributed by atoms with Crippen LogP contribution in [0.25, 0.3) is 10.9 Å². The molecule has 0 saturated carbocycles. The Hall–Kier alpha value is -4.43. The Morgan fingerprint density at radius 2 is 1.79 bits per heavy atom. The summed E-state index contributed by atoms with van der Waals surface area (Å²) in [5, 5.41) is 6.71. The van der Waals surface area contributed by atoms with Crippen molar-refractivity contribution in [3.8, 4) is 11.5 Å². The number of halogens is 6. The lowest BCUT2D eigenvalue weighted by molar-refractivity contribution is -0.138. The number of carbonyl (C=O) groups is 2. The highest BCUT2D eigenvalue weighted by Crippen LogP contribution is 2.42. The van der Waals surface area contributed by atoms with E-state index in [-0.39, 0.29) is 51.9 Å². The van der Waals surface area contributed by atoms with Crippen molar-refractivity contribution in [3.63, 3.8) is 0 Å². The van der Waals surface area contributed by atoms with Crippen molar-refractivity contribution in [1.82, 2.24) is 14.7 Å². The molecule has 3 N–H and O–H groups in total. The van der Waals surface area contributed by atoms with Crippen LogP contribution in [0.5, 0.6) is 11.5 Å². The zero-order chi connectivity index (χ0) is 30.2. The summed E-state index contributed by atoms with van der Waals surface area (Å²) in [4.78, 5) is 27.5. The first kappa shape index (κ1) is 29.1. The monoisotopic (exact) mass is 609 g/mol. The van der Waals surface area contributed by atoms with E-state index < -0.39 is 34.8 Å². The van der Waals surface area contributed by atoms with Crippen LogP contribution in [0.3, 0.4) is 0 Å². The molecule has 1 aliphatic heterocycles. The van der Waals surface area contributed by atoms with Crippen LogP contribution < -0.4 is 15.8 Å². The molecule has 1 saturated heterocycles. The van der Waals surface area contributed by atoms with Crippen LogP contribution >= 0.6 is 11.6 Å². The molecule has 1 aromatic heterocycles. The summed E-state index contributed by atoms with van der Waals surface area (Å²) in [6, 6.07) is 7.45. The molecule has 5 rings (SSSR count). The van der Waals surface area contributed by atoms with Gasteiger partial charge in [0.05, 0.1) is 40.4 Å². The number of aromatic nitrogens is 2. The van der Waals surface area contributed by atoms with Crippen molar-refractivity contribution < 1.29 is 41.0 Å². The van der Waals surface area contributed by atoms with Crippen molar-refractivity contribution >= 4 is 45.8 Å². The molecule has 42 heavy (non-hydrogen) atoms. The van der Waals surface area contributed by atoms with E-state index in [9.17, 15) is 31.5 Å². The zero-order valence-corrected chi connectivity index (χ0v) is 22.2. The van der Waals surface area contributed by atoms with Crippen molar-refractivity contribution in [3.05, 3.63) is 76.3 Å². The highest BCUT2D eigenvalue weighted by atomic mass is 35.5. The molecule has 0 atom stereocenters. The Morgan fingerprint density at radius 1 is 1.05 bits per heavy atom. The van der Waals surface area contributed by atoms with Gasteiger partial charge in [0.25, 0.3) is 5.91 Å². The van der Waals surface area contributed by atoms with E-state index in [0.29, 0.717) is 44.0 Å². The molecule has 9 nitrogen and oxygen atoms in total. The van der Waals surface area contributed by atoms with Crippen molar-refractivity contribution in [1.29, 1.82) is 0 Å². The average Bonchev–Trinajstić information content (AvgIpc) is 3.26. The first-order valence-corrected chi connectivity index (χ1v) is 12.7. The Labute approximate surface area is 239 Å². The predicted molar refractivity (Wildman–Crippen MR) is 142 cm³/mol. The Morgan fingerprint density at radius 3 is 2.50 bits per heavy atom. The maximum absolute atomic E-state index is 14.0. The van der Waals surface area contributed by atoms with Gasteiger partial charge in [0, 0.05) is 24.7 Å². The summed E-state index contributed by atoms with van der Waals surface area (Å²) >= 11 is 6.19. The van der Waals surface area contributed by atoms with Crippen LogP contribution in [-0.2, 0) is 22.3 Å². The molecule has 15 heteroatoms. The van der Waals surface area contributed by atoms with Crippen molar-refractivity contribution in [2.24, 2.45) is 0 Å². The van der Waals surface area contributed by atoms with Gasteiger partial charge in [-0.15, -0.1) is 0 Å². The number of ether oxygens (including phenoxy) is 2. The van der Waals surface area contributed by atoms with Gasteiger partial charge in [0.1, 0.15) is 23.9 Å². The molecule has 3 aromatic carbocycles. The summed E-state index contributed by atoms with van der Waals surface area (Å²) in [6.45, 7) is 1.36. The molecule has 0 unspecified atom stereocenters. The van der Waals surface area contributed by atoms with Gasteiger partial charge in [-0.25, -0.2) is 8.78 Å². The SMILES string of the molecule is Nc1nn(CC(=O)N2CCOCC2)c2ccc(NC(=O)c3cc(F)cc(C(F)(F)F)c3)c(Oc3cc(F)ccc3Cl)c12. The summed E-state index contributed by atoms with van der Waals surface area (Å²) in [6.07, 6.45) is -4.90.